The summed E-state index contributed by atoms with van der Waals surface area (Å²) < 4.78 is 7.07. The van der Waals surface area contributed by atoms with Crippen molar-refractivity contribution in [2.45, 2.75) is 19.4 Å². The average Bonchev–Trinajstić information content (AvgIpc) is 3.12. The summed E-state index contributed by atoms with van der Waals surface area (Å²) in [6.07, 6.45) is 2.66. The van der Waals surface area contributed by atoms with Crippen molar-refractivity contribution in [1.29, 1.82) is 5.26 Å². The fraction of sp³-hybridized carbons (Fsp3) is 0.286. The van der Waals surface area contributed by atoms with Gasteiger partial charge in [0.15, 0.2) is 6.33 Å². The van der Waals surface area contributed by atoms with E-state index in [1.807, 2.05) is 12.1 Å². The van der Waals surface area contributed by atoms with E-state index in [1.165, 1.54) is 6.33 Å². The number of rotatable bonds is 5. The van der Waals surface area contributed by atoms with Crippen LogP contribution in [0, 0.1) is 11.3 Å². The fourth-order valence-electron chi connectivity index (χ4n) is 2.28. The maximum atomic E-state index is 9.04. The molecule has 0 aliphatic heterocycles. The molecular weight excluding hydrogens is 290 g/mol. The van der Waals surface area contributed by atoms with E-state index in [1.54, 1.807) is 6.07 Å². The number of hydrogen-bond donors (Lipinski definition) is 0. The van der Waals surface area contributed by atoms with Crippen molar-refractivity contribution in [2.24, 2.45) is 0 Å². The average molecular weight is 302 g/mol. The molecule has 0 unspecified atom stereocenters. The van der Waals surface area contributed by atoms with Crippen LogP contribution in [0.15, 0.2) is 29.0 Å². The summed E-state index contributed by atoms with van der Waals surface area (Å²) in [5.74, 6) is 1.97. The molecule has 0 radical (unpaired) electrons. The molecule has 0 amide bonds. The summed E-state index contributed by atoms with van der Waals surface area (Å²) in [7, 11) is 0. The molecular formula is C14H12ClN5O. The highest BCUT2D eigenvalue weighted by atomic mass is 35.5. The number of halogens is 1. The Morgan fingerprint density at radius 1 is 1.33 bits per heavy atom. The predicted octanol–water partition coefficient (Wildman–Crippen LogP) is 2.31. The van der Waals surface area contributed by atoms with Crippen LogP contribution >= 0.6 is 11.6 Å². The highest BCUT2D eigenvalue weighted by Crippen LogP contribution is 2.19. The summed E-state index contributed by atoms with van der Waals surface area (Å²) in [4.78, 5) is 8.60. The van der Waals surface area contributed by atoms with E-state index in [2.05, 4.69) is 25.8 Å². The van der Waals surface area contributed by atoms with Gasteiger partial charge in [0.2, 0.25) is 5.89 Å². The molecule has 0 atom stereocenters. The third-order valence-electron chi connectivity index (χ3n) is 3.23. The van der Waals surface area contributed by atoms with E-state index in [4.69, 9.17) is 21.4 Å². The Labute approximate surface area is 126 Å². The first-order valence-electron chi connectivity index (χ1n) is 6.52. The van der Waals surface area contributed by atoms with E-state index >= 15 is 0 Å². The van der Waals surface area contributed by atoms with E-state index in [0.29, 0.717) is 36.7 Å². The largest absolute Gasteiger partial charge is 0.340 e. The Morgan fingerprint density at radius 3 is 2.95 bits per heavy atom. The zero-order chi connectivity index (χ0) is 14.7. The van der Waals surface area contributed by atoms with Crippen molar-refractivity contribution in [2.75, 3.05) is 5.88 Å². The minimum absolute atomic E-state index is 0.495. The summed E-state index contributed by atoms with van der Waals surface area (Å²) in [6.45, 7) is 0.653. The van der Waals surface area contributed by atoms with Gasteiger partial charge in [-0.3, -0.25) is 0 Å². The summed E-state index contributed by atoms with van der Waals surface area (Å²) in [6, 6.07) is 7.61. The predicted molar refractivity (Wildman–Crippen MR) is 76.9 cm³/mol. The van der Waals surface area contributed by atoms with Crippen molar-refractivity contribution in [3.05, 3.63) is 41.8 Å². The van der Waals surface area contributed by atoms with Crippen LogP contribution in [0.25, 0.3) is 11.0 Å². The van der Waals surface area contributed by atoms with Gasteiger partial charge in [0.1, 0.15) is 5.82 Å². The highest BCUT2D eigenvalue weighted by Gasteiger charge is 2.12. The third kappa shape index (κ3) is 2.73. The number of nitriles is 1. The van der Waals surface area contributed by atoms with E-state index < -0.39 is 0 Å². The van der Waals surface area contributed by atoms with Crippen LogP contribution in [-0.2, 0) is 19.4 Å². The Balaban J connectivity index is 1.99. The summed E-state index contributed by atoms with van der Waals surface area (Å²) >= 11 is 5.85. The quantitative estimate of drug-likeness (QED) is 0.676. The fourth-order valence-corrected chi connectivity index (χ4v) is 2.45. The molecule has 6 nitrogen and oxygen atoms in total. The Bertz CT molecular complexity index is 788. The second-order valence-electron chi connectivity index (χ2n) is 4.52. The maximum Gasteiger partial charge on any atom is 0.228 e. The number of aromatic nitrogens is 4. The topological polar surface area (TPSA) is 80.5 Å². The molecule has 0 bridgehead atoms. The van der Waals surface area contributed by atoms with Crippen LogP contribution < -0.4 is 0 Å². The number of hydrogen-bond acceptors (Lipinski definition) is 5. The lowest BCUT2D eigenvalue weighted by molar-refractivity contribution is 0.371. The van der Waals surface area contributed by atoms with Gasteiger partial charge in [0, 0.05) is 25.3 Å². The molecule has 1 aromatic carbocycles. The Morgan fingerprint density at radius 2 is 2.24 bits per heavy atom. The molecule has 3 rings (SSSR count). The number of benzene rings is 1. The number of alkyl halides is 1. The maximum absolute atomic E-state index is 9.04. The van der Waals surface area contributed by atoms with Crippen molar-refractivity contribution >= 4 is 22.6 Å². The second-order valence-corrected chi connectivity index (χ2v) is 4.90. The summed E-state index contributed by atoms with van der Waals surface area (Å²) in [5, 5.41) is 12.6. The standard InChI is InChI=1S/C14H12ClN5O/c15-5-3-13-19-11-2-1-10(8-16)7-12(11)20(13)6-4-14-17-9-18-21-14/h1-2,7,9H,3-6H2. The Hall–Kier alpha value is -2.39. The third-order valence-corrected chi connectivity index (χ3v) is 3.42. The van der Waals surface area contributed by atoms with Gasteiger partial charge in [-0.15, -0.1) is 11.6 Å². The van der Waals surface area contributed by atoms with Gasteiger partial charge < -0.3 is 9.09 Å². The SMILES string of the molecule is N#Cc1ccc2nc(CCCl)n(CCc3ncno3)c2c1. The molecule has 0 aliphatic rings. The van der Waals surface area contributed by atoms with Gasteiger partial charge in [-0.1, -0.05) is 5.16 Å². The smallest absolute Gasteiger partial charge is 0.228 e. The number of fused-ring (bicyclic) bond motifs is 1. The molecule has 2 aromatic heterocycles. The molecule has 7 heteroatoms. The van der Waals surface area contributed by atoms with E-state index in [0.717, 1.165) is 16.9 Å². The molecule has 106 valence electrons. The monoisotopic (exact) mass is 301 g/mol. The summed E-state index contributed by atoms with van der Waals surface area (Å²) in [5.41, 5.74) is 2.40. The van der Waals surface area contributed by atoms with Crippen LogP contribution in [-0.4, -0.2) is 25.6 Å². The van der Waals surface area contributed by atoms with Crippen molar-refractivity contribution in [3.8, 4) is 6.07 Å². The van der Waals surface area contributed by atoms with Crippen LogP contribution in [0.3, 0.4) is 0 Å². The van der Waals surface area contributed by atoms with Crippen molar-refractivity contribution < 1.29 is 4.52 Å². The zero-order valence-corrected chi connectivity index (χ0v) is 11.9. The Kier molecular flexibility index (Phi) is 3.84. The molecule has 0 N–H and O–H groups in total. The lowest BCUT2D eigenvalue weighted by Gasteiger charge is -2.06. The second kappa shape index (κ2) is 5.94. The highest BCUT2D eigenvalue weighted by molar-refractivity contribution is 6.17. The van der Waals surface area contributed by atoms with Crippen LogP contribution in [0.1, 0.15) is 17.3 Å². The van der Waals surface area contributed by atoms with Gasteiger partial charge >= 0.3 is 0 Å². The molecule has 3 aromatic rings. The molecule has 2 heterocycles. The molecule has 0 spiro atoms. The lowest BCUT2D eigenvalue weighted by atomic mass is 10.2. The van der Waals surface area contributed by atoms with Crippen LogP contribution in [0.5, 0.6) is 0 Å². The molecule has 0 saturated carbocycles. The van der Waals surface area contributed by atoms with Gasteiger partial charge in [-0.25, -0.2) is 4.98 Å². The molecule has 0 saturated heterocycles. The normalized spacial score (nSPS) is 10.9. The van der Waals surface area contributed by atoms with Gasteiger partial charge in [-0.2, -0.15) is 10.2 Å². The number of aryl methyl sites for hydroxylation is 3. The first-order valence-corrected chi connectivity index (χ1v) is 7.06. The minimum Gasteiger partial charge on any atom is -0.340 e. The lowest BCUT2D eigenvalue weighted by Crippen LogP contribution is -2.07. The van der Waals surface area contributed by atoms with Gasteiger partial charge in [-0.05, 0) is 18.2 Å². The minimum atomic E-state index is 0.495. The van der Waals surface area contributed by atoms with Crippen LogP contribution in [0.4, 0.5) is 0 Å². The van der Waals surface area contributed by atoms with Crippen molar-refractivity contribution in [1.82, 2.24) is 19.7 Å². The molecule has 0 fully saturated rings. The molecule has 21 heavy (non-hydrogen) atoms. The number of nitrogens with zero attached hydrogens (tertiary/aromatic N) is 5. The first-order chi connectivity index (χ1) is 10.3. The zero-order valence-electron chi connectivity index (χ0n) is 11.2. The first kappa shape index (κ1) is 13.6. The van der Waals surface area contributed by atoms with Gasteiger partial charge in [0.25, 0.3) is 0 Å². The van der Waals surface area contributed by atoms with Crippen molar-refractivity contribution in [3.63, 3.8) is 0 Å². The molecule has 0 aliphatic carbocycles. The van der Waals surface area contributed by atoms with E-state index in [9.17, 15) is 0 Å². The van der Waals surface area contributed by atoms with Crippen LogP contribution in [0.2, 0.25) is 0 Å². The van der Waals surface area contributed by atoms with Gasteiger partial charge in [0.05, 0.1) is 22.7 Å². The number of imidazole rings is 1. The van der Waals surface area contributed by atoms with E-state index in [-0.39, 0.29) is 0 Å².